The minimum atomic E-state index is -1.21. The molecule has 8 heteroatoms. The van der Waals surface area contributed by atoms with E-state index < -0.39 is 11.6 Å². The number of ether oxygens (including phenoxy) is 2. The van der Waals surface area contributed by atoms with Crippen LogP contribution in [0.1, 0.15) is 18.1 Å². The highest BCUT2D eigenvalue weighted by molar-refractivity contribution is 6.30. The van der Waals surface area contributed by atoms with Crippen LogP contribution in [0, 0.1) is 0 Å². The van der Waals surface area contributed by atoms with Crippen LogP contribution in [0.15, 0.2) is 48.5 Å². The van der Waals surface area contributed by atoms with Gasteiger partial charge in [0.15, 0.2) is 11.5 Å². The number of urea groups is 1. The van der Waals surface area contributed by atoms with E-state index in [-0.39, 0.29) is 24.4 Å². The average molecular weight is 410 g/mol. The van der Waals surface area contributed by atoms with Crippen LogP contribution in [0.25, 0.3) is 10.9 Å². The number of halogens is 1. The first-order valence-electron chi connectivity index (χ1n) is 9.04. The number of carbonyl (C=O) groups excluding carboxylic acids is 2. The van der Waals surface area contributed by atoms with Gasteiger partial charge in [0.2, 0.25) is 6.79 Å². The maximum Gasteiger partial charge on any atom is 0.325 e. The largest absolute Gasteiger partial charge is 0.454 e. The van der Waals surface area contributed by atoms with Crippen molar-refractivity contribution in [1.29, 1.82) is 0 Å². The molecule has 5 rings (SSSR count). The van der Waals surface area contributed by atoms with Gasteiger partial charge in [-0.2, -0.15) is 0 Å². The molecule has 3 aromatic rings. The van der Waals surface area contributed by atoms with E-state index in [4.69, 9.17) is 21.1 Å². The van der Waals surface area contributed by atoms with Crippen LogP contribution in [-0.2, 0) is 16.9 Å². The smallest absolute Gasteiger partial charge is 0.325 e. The predicted octanol–water partition coefficient (Wildman–Crippen LogP) is 3.58. The lowest BCUT2D eigenvalue weighted by Crippen LogP contribution is -2.40. The monoisotopic (exact) mass is 409 g/mol. The Morgan fingerprint density at radius 3 is 2.79 bits per heavy atom. The first kappa shape index (κ1) is 17.8. The average Bonchev–Trinajstić information content (AvgIpc) is 3.26. The number of pyridine rings is 1. The zero-order valence-corrected chi connectivity index (χ0v) is 16.2. The van der Waals surface area contributed by atoms with Gasteiger partial charge in [-0.15, -0.1) is 0 Å². The number of carbonyl (C=O) groups is 2. The Labute approximate surface area is 171 Å². The standard InChI is InChI=1S/C21H16ClN3O4/c1-21(14-6-7-16-17(9-14)29-11-28-16)19(26)25(20(27)24-21)10-13-8-12-4-2-3-5-15(12)23-18(13)22/h2-9H,10-11H2,1H3,(H,24,27)/t21-/m1/s1. The van der Waals surface area contributed by atoms with E-state index in [0.29, 0.717) is 22.6 Å². The van der Waals surface area contributed by atoms with E-state index in [9.17, 15) is 9.59 Å². The second kappa shape index (κ2) is 6.35. The summed E-state index contributed by atoms with van der Waals surface area (Å²) in [5.74, 6) is 0.789. The van der Waals surface area contributed by atoms with Crippen molar-refractivity contribution in [2.24, 2.45) is 0 Å². The Kier molecular flexibility index (Phi) is 3.89. The van der Waals surface area contributed by atoms with Crippen molar-refractivity contribution in [2.75, 3.05) is 6.79 Å². The number of aromatic nitrogens is 1. The molecule has 29 heavy (non-hydrogen) atoms. The summed E-state index contributed by atoms with van der Waals surface area (Å²) in [5.41, 5.74) is 0.757. The van der Waals surface area contributed by atoms with Crippen molar-refractivity contribution >= 4 is 34.4 Å². The second-order valence-electron chi connectivity index (χ2n) is 7.15. The molecule has 0 unspecified atom stereocenters. The van der Waals surface area contributed by atoms with E-state index >= 15 is 0 Å². The van der Waals surface area contributed by atoms with Gasteiger partial charge in [0.05, 0.1) is 12.1 Å². The number of benzene rings is 2. The van der Waals surface area contributed by atoms with Crippen LogP contribution in [0.2, 0.25) is 5.15 Å². The van der Waals surface area contributed by atoms with E-state index in [1.807, 2.05) is 30.3 Å². The molecule has 2 aliphatic heterocycles. The summed E-state index contributed by atoms with van der Waals surface area (Å²) in [6.45, 7) is 1.84. The van der Waals surface area contributed by atoms with Crippen LogP contribution in [0.3, 0.4) is 0 Å². The first-order chi connectivity index (χ1) is 14.0. The molecule has 1 fully saturated rings. The lowest BCUT2D eigenvalue weighted by Gasteiger charge is -2.22. The summed E-state index contributed by atoms with van der Waals surface area (Å²) in [6.07, 6.45) is 0. The normalized spacial score (nSPS) is 20.4. The quantitative estimate of drug-likeness (QED) is 0.528. The van der Waals surface area contributed by atoms with E-state index in [1.165, 1.54) is 0 Å². The maximum absolute atomic E-state index is 13.2. The van der Waals surface area contributed by atoms with E-state index in [2.05, 4.69) is 10.3 Å². The minimum Gasteiger partial charge on any atom is -0.454 e. The zero-order chi connectivity index (χ0) is 20.2. The Morgan fingerprint density at radius 1 is 1.14 bits per heavy atom. The van der Waals surface area contributed by atoms with Crippen molar-refractivity contribution in [3.63, 3.8) is 0 Å². The van der Waals surface area contributed by atoms with Gasteiger partial charge in [0.1, 0.15) is 10.7 Å². The molecule has 1 aromatic heterocycles. The van der Waals surface area contributed by atoms with Crippen LogP contribution >= 0.6 is 11.6 Å². The fourth-order valence-corrected chi connectivity index (χ4v) is 3.87. The van der Waals surface area contributed by atoms with E-state index in [0.717, 1.165) is 15.8 Å². The van der Waals surface area contributed by atoms with Gasteiger partial charge in [-0.3, -0.25) is 9.69 Å². The predicted molar refractivity (Wildman–Crippen MR) is 106 cm³/mol. The Hall–Kier alpha value is -3.32. The molecule has 2 aliphatic rings. The van der Waals surface area contributed by atoms with Crippen LogP contribution < -0.4 is 14.8 Å². The highest BCUT2D eigenvalue weighted by atomic mass is 35.5. The van der Waals surface area contributed by atoms with Gasteiger partial charge in [-0.1, -0.05) is 35.9 Å². The third-order valence-corrected chi connectivity index (χ3v) is 5.63. The number of rotatable bonds is 3. The van der Waals surface area contributed by atoms with Crippen LogP contribution in [0.5, 0.6) is 11.5 Å². The molecule has 0 spiro atoms. The number of para-hydroxylation sites is 1. The highest BCUT2D eigenvalue weighted by Crippen LogP contribution is 2.38. The van der Waals surface area contributed by atoms with Crippen molar-refractivity contribution in [1.82, 2.24) is 15.2 Å². The summed E-state index contributed by atoms with van der Waals surface area (Å²) in [5, 5.41) is 3.94. The van der Waals surface area contributed by atoms with Gasteiger partial charge in [-0.05, 0) is 36.8 Å². The van der Waals surface area contributed by atoms with E-state index in [1.54, 1.807) is 25.1 Å². The molecule has 0 radical (unpaired) electrons. The molecule has 0 aliphatic carbocycles. The summed E-state index contributed by atoms with van der Waals surface area (Å²) in [7, 11) is 0. The highest BCUT2D eigenvalue weighted by Gasteiger charge is 2.49. The third-order valence-electron chi connectivity index (χ3n) is 5.30. The molecular formula is C21H16ClN3O4. The Balaban J connectivity index is 1.47. The minimum absolute atomic E-state index is 0.0292. The van der Waals surface area contributed by atoms with Gasteiger partial charge in [-0.25, -0.2) is 9.78 Å². The number of fused-ring (bicyclic) bond motifs is 2. The summed E-state index contributed by atoms with van der Waals surface area (Å²) < 4.78 is 10.7. The van der Waals surface area contributed by atoms with Gasteiger partial charge in [0, 0.05) is 10.9 Å². The number of hydrogen-bond donors (Lipinski definition) is 1. The fraction of sp³-hybridized carbons (Fsp3) is 0.190. The topological polar surface area (TPSA) is 80.8 Å². The molecule has 1 N–H and O–H groups in total. The third kappa shape index (κ3) is 2.77. The van der Waals surface area contributed by atoms with Gasteiger partial charge in [0.25, 0.3) is 5.91 Å². The lowest BCUT2D eigenvalue weighted by molar-refractivity contribution is -0.131. The summed E-state index contributed by atoms with van der Waals surface area (Å²) in [6, 6.07) is 14.1. The number of nitrogens with zero attached hydrogens (tertiary/aromatic N) is 2. The number of hydrogen-bond acceptors (Lipinski definition) is 5. The Bertz CT molecular complexity index is 1180. The van der Waals surface area contributed by atoms with Crippen molar-refractivity contribution in [2.45, 2.75) is 19.0 Å². The molecule has 0 saturated carbocycles. The second-order valence-corrected chi connectivity index (χ2v) is 7.50. The van der Waals surface area contributed by atoms with Gasteiger partial charge < -0.3 is 14.8 Å². The van der Waals surface area contributed by atoms with Crippen molar-refractivity contribution in [3.05, 3.63) is 64.8 Å². The number of amides is 3. The molecule has 3 amide bonds. The summed E-state index contributed by atoms with van der Waals surface area (Å²) in [4.78, 5) is 31.4. The number of nitrogens with one attached hydrogen (secondary N) is 1. The van der Waals surface area contributed by atoms with Crippen LogP contribution in [-0.4, -0.2) is 28.6 Å². The van der Waals surface area contributed by atoms with Gasteiger partial charge >= 0.3 is 6.03 Å². The van der Waals surface area contributed by atoms with Crippen molar-refractivity contribution < 1.29 is 19.1 Å². The molecule has 1 atom stereocenters. The number of imide groups is 1. The SMILES string of the molecule is C[C@]1(c2ccc3c(c2)OCO3)NC(=O)N(Cc2cc3ccccc3nc2Cl)C1=O. The molecule has 146 valence electrons. The molecule has 1 saturated heterocycles. The van der Waals surface area contributed by atoms with Crippen LogP contribution in [0.4, 0.5) is 4.79 Å². The first-order valence-corrected chi connectivity index (χ1v) is 9.42. The maximum atomic E-state index is 13.2. The molecule has 3 heterocycles. The molecule has 7 nitrogen and oxygen atoms in total. The van der Waals surface area contributed by atoms with Crippen molar-refractivity contribution in [3.8, 4) is 11.5 Å². The molecular weight excluding hydrogens is 394 g/mol. The molecule has 0 bridgehead atoms. The summed E-state index contributed by atoms with van der Waals surface area (Å²) >= 11 is 6.32. The molecule has 2 aromatic carbocycles. The fourth-order valence-electron chi connectivity index (χ4n) is 3.66. The lowest BCUT2D eigenvalue weighted by atomic mass is 9.91. The Morgan fingerprint density at radius 2 is 1.93 bits per heavy atom. The zero-order valence-electron chi connectivity index (χ0n) is 15.4.